The van der Waals surface area contributed by atoms with Crippen LogP contribution in [-0.2, 0) is 0 Å². The van der Waals surface area contributed by atoms with Crippen molar-refractivity contribution < 1.29 is 4.79 Å². The molecule has 0 radical (unpaired) electrons. The molecule has 4 heteroatoms. The van der Waals surface area contributed by atoms with Gasteiger partial charge in [-0.2, -0.15) is 10.1 Å². The highest BCUT2D eigenvalue weighted by molar-refractivity contribution is 6.30. The number of hydrogen-bond acceptors (Lipinski definition) is 1. The first-order valence-corrected chi connectivity index (χ1v) is 4.19. The SMILES string of the molecule is N#C/C(=C/C=[N+]=[N-])c1ccc(Cl)cc1. The average molecular weight is 204 g/mol. The molecule has 0 aliphatic heterocycles. The van der Waals surface area contributed by atoms with Gasteiger partial charge < -0.3 is 5.53 Å². The summed E-state index contributed by atoms with van der Waals surface area (Å²) in [6, 6.07) is 8.82. The first-order valence-electron chi connectivity index (χ1n) is 3.81. The highest BCUT2D eigenvalue weighted by atomic mass is 35.5. The van der Waals surface area contributed by atoms with Crippen LogP contribution in [-0.4, -0.2) is 11.0 Å². The Kier molecular flexibility index (Phi) is 3.63. The number of nitrogens with zero attached hydrogens (tertiary/aromatic N) is 3. The van der Waals surface area contributed by atoms with Gasteiger partial charge in [0.1, 0.15) is 6.07 Å². The minimum absolute atomic E-state index is 0.416. The van der Waals surface area contributed by atoms with Crippen molar-refractivity contribution >= 4 is 23.4 Å². The predicted octanol–water partition coefficient (Wildman–Crippen LogP) is 2.55. The smallest absolute Gasteiger partial charge is 0.281 e. The zero-order valence-corrected chi connectivity index (χ0v) is 7.94. The minimum atomic E-state index is 0.416. The zero-order chi connectivity index (χ0) is 10.4. The highest BCUT2D eigenvalue weighted by Crippen LogP contribution is 2.16. The van der Waals surface area contributed by atoms with Crippen LogP contribution in [0.1, 0.15) is 5.56 Å². The second kappa shape index (κ2) is 4.98. The van der Waals surface area contributed by atoms with E-state index in [9.17, 15) is 0 Å². The lowest BCUT2D eigenvalue weighted by molar-refractivity contribution is 0.00518. The fourth-order valence-electron chi connectivity index (χ4n) is 0.935. The Bertz CT molecular complexity index is 433. The molecule has 0 amide bonds. The van der Waals surface area contributed by atoms with E-state index in [1.165, 1.54) is 6.08 Å². The normalized spacial score (nSPS) is 10.1. The number of allylic oxidation sites excluding steroid dienone is 2. The van der Waals surface area contributed by atoms with Crippen molar-refractivity contribution in [1.82, 2.24) is 0 Å². The molecule has 1 aromatic carbocycles. The van der Waals surface area contributed by atoms with Gasteiger partial charge >= 0.3 is 0 Å². The van der Waals surface area contributed by atoms with E-state index in [0.717, 1.165) is 11.8 Å². The summed E-state index contributed by atoms with van der Waals surface area (Å²) in [4.78, 5) is 2.79. The summed E-state index contributed by atoms with van der Waals surface area (Å²) in [5, 5.41) is 9.39. The Morgan fingerprint density at radius 1 is 1.43 bits per heavy atom. The average Bonchev–Trinajstić information content (AvgIpc) is 2.21. The maximum Gasteiger partial charge on any atom is 0.281 e. The van der Waals surface area contributed by atoms with Crippen molar-refractivity contribution in [2.24, 2.45) is 0 Å². The molecule has 0 aliphatic carbocycles. The standard InChI is InChI=1S/C10H6ClN3/c11-10-3-1-8(2-4-10)9(7-12)5-6-14-13/h1-6H/b9-5-. The van der Waals surface area contributed by atoms with Crippen LogP contribution in [0.2, 0.25) is 5.02 Å². The highest BCUT2D eigenvalue weighted by Gasteiger charge is 1.99. The van der Waals surface area contributed by atoms with Crippen molar-refractivity contribution in [3.05, 3.63) is 46.5 Å². The van der Waals surface area contributed by atoms with Crippen LogP contribution < -0.4 is 0 Å². The van der Waals surface area contributed by atoms with Crippen LogP contribution >= 0.6 is 11.6 Å². The fraction of sp³-hybridized carbons (Fsp3) is 0. The van der Waals surface area contributed by atoms with Gasteiger partial charge in [0.05, 0.1) is 5.57 Å². The van der Waals surface area contributed by atoms with Gasteiger partial charge in [-0.1, -0.05) is 23.7 Å². The van der Waals surface area contributed by atoms with Gasteiger partial charge in [0.25, 0.3) is 6.21 Å². The van der Waals surface area contributed by atoms with Gasteiger partial charge in [-0.3, -0.25) is 0 Å². The molecule has 0 heterocycles. The van der Waals surface area contributed by atoms with E-state index in [4.69, 9.17) is 22.4 Å². The Morgan fingerprint density at radius 3 is 2.57 bits per heavy atom. The van der Waals surface area contributed by atoms with Crippen LogP contribution in [0.4, 0.5) is 0 Å². The monoisotopic (exact) mass is 203 g/mol. The molecule has 1 aromatic rings. The molecule has 68 valence electrons. The molecule has 0 N–H and O–H groups in total. The molecule has 0 fully saturated rings. The Labute approximate surface area is 86.5 Å². The third kappa shape index (κ3) is 2.56. The van der Waals surface area contributed by atoms with E-state index in [1.807, 2.05) is 6.07 Å². The van der Waals surface area contributed by atoms with Crippen LogP contribution in [0.5, 0.6) is 0 Å². The molecular formula is C10H6ClN3. The summed E-state index contributed by atoms with van der Waals surface area (Å²) in [6.45, 7) is 0. The van der Waals surface area contributed by atoms with Crippen molar-refractivity contribution in [3.63, 3.8) is 0 Å². The van der Waals surface area contributed by atoms with Gasteiger partial charge in [-0.05, 0) is 17.7 Å². The van der Waals surface area contributed by atoms with Crippen LogP contribution in [0.3, 0.4) is 0 Å². The minimum Gasteiger partial charge on any atom is -0.362 e. The van der Waals surface area contributed by atoms with E-state index in [2.05, 4.69) is 4.79 Å². The van der Waals surface area contributed by atoms with Crippen molar-refractivity contribution in [3.8, 4) is 6.07 Å². The van der Waals surface area contributed by atoms with E-state index in [1.54, 1.807) is 24.3 Å². The van der Waals surface area contributed by atoms with E-state index in [0.29, 0.717) is 10.6 Å². The molecule has 0 unspecified atom stereocenters. The number of nitriles is 1. The molecule has 3 nitrogen and oxygen atoms in total. The third-order valence-electron chi connectivity index (χ3n) is 1.58. The zero-order valence-electron chi connectivity index (χ0n) is 7.18. The van der Waals surface area contributed by atoms with Crippen molar-refractivity contribution in [2.75, 3.05) is 0 Å². The summed E-state index contributed by atoms with van der Waals surface area (Å²) >= 11 is 5.70. The third-order valence-corrected chi connectivity index (χ3v) is 1.84. The summed E-state index contributed by atoms with van der Waals surface area (Å²) < 4.78 is 0. The second-order valence-corrected chi connectivity index (χ2v) is 2.90. The number of rotatable bonds is 2. The Balaban J connectivity index is 3.09. The summed E-state index contributed by atoms with van der Waals surface area (Å²) in [7, 11) is 0. The molecular weight excluding hydrogens is 198 g/mol. The second-order valence-electron chi connectivity index (χ2n) is 2.46. The quantitative estimate of drug-likeness (QED) is 0.315. The summed E-state index contributed by atoms with van der Waals surface area (Å²) in [5.74, 6) is 0. The maximum absolute atomic E-state index is 8.78. The Morgan fingerprint density at radius 2 is 2.07 bits per heavy atom. The molecule has 14 heavy (non-hydrogen) atoms. The molecule has 0 aliphatic rings. The van der Waals surface area contributed by atoms with Gasteiger partial charge in [-0.15, -0.1) is 0 Å². The molecule has 0 saturated carbocycles. The van der Waals surface area contributed by atoms with E-state index < -0.39 is 0 Å². The molecule has 1 rings (SSSR count). The van der Waals surface area contributed by atoms with E-state index >= 15 is 0 Å². The number of halogens is 1. The first kappa shape index (κ1) is 10.2. The summed E-state index contributed by atoms with van der Waals surface area (Å²) in [5.41, 5.74) is 9.35. The molecule has 0 saturated heterocycles. The van der Waals surface area contributed by atoms with Crippen molar-refractivity contribution in [2.45, 2.75) is 0 Å². The van der Waals surface area contributed by atoms with Gasteiger partial charge in [0, 0.05) is 11.1 Å². The Hall–Kier alpha value is -1.88. The number of benzene rings is 1. The lowest BCUT2D eigenvalue weighted by Gasteiger charge is -1.96. The van der Waals surface area contributed by atoms with Crippen LogP contribution in [0.25, 0.3) is 11.1 Å². The van der Waals surface area contributed by atoms with Gasteiger partial charge in [0.15, 0.2) is 0 Å². The largest absolute Gasteiger partial charge is 0.362 e. The molecule has 0 bridgehead atoms. The lowest BCUT2D eigenvalue weighted by Crippen LogP contribution is -1.81. The van der Waals surface area contributed by atoms with Crippen LogP contribution in [0.15, 0.2) is 30.3 Å². The van der Waals surface area contributed by atoms with E-state index in [-0.39, 0.29) is 0 Å². The molecule has 0 aromatic heterocycles. The molecule has 0 atom stereocenters. The van der Waals surface area contributed by atoms with Gasteiger partial charge in [-0.25, -0.2) is 0 Å². The summed E-state index contributed by atoms with van der Waals surface area (Å²) in [6.07, 6.45) is 2.57. The van der Waals surface area contributed by atoms with Gasteiger partial charge in [0.2, 0.25) is 0 Å². The topological polar surface area (TPSA) is 60.2 Å². The lowest BCUT2D eigenvalue weighted by atomic mass is 10.1. The first-order chi connectivity index (χ1) is 6.77. The maximum atomic E-state index is 8.78. The number of hydrogen-bond donors (Lipinski definition) is 0. The fourth-order valence-corrected chi connectivity index (χ4v) is 1.06. The predicted molar refractivity (Wildman–Crippen MR) is 54.7 cm³/mol. The molecule has 0 spiro atoms. The van der Waals surface area contributed by atoms with Crippen LogP contribution in [0, 0.1) is 11.3 Å². The van der Waals surface area contributed by atoms with Crippen molar-refractivity contribution in [1.29, 1.82) is 5.26 Å².